The van der Waals surface area contributed by atoms with Crippen LogP contribution in [0.5, 0.6) is 17.2 Å². The molecule has 0 aliphatic rings. The van der Waals surface area contributed by atoms with Gasteiger partial charge in [0.25, 0.3) is 0 Å². The predicted molar refractivity (Wildman–Crippen MR) is 124 cm³/mol. The predicted octanol–water partition coefficient (Wildman–Crippen LogP) is 6.33. The fourth-order valence-corrected chi connectivity index (χ4v) is 4.03. The summed E-state index contributed by atoms with van der Waals surface area (Å²) in [5, 5.41) is 28.9. The first-order chi connectivity index (χ1) is 15.0. The second-order valence-corrected chi connectivity index (χ2v) is 8.05. The fourth-order valence-electron chi connectivity index (χ4n) is 4.03. The van der Waals surface area contributed by atoms with E-state index < -0.39 is 0 Å². The van der Waals surface area contributed by atoms with Gasteiger partial charge >= 0.3 is 0 Å². The Bertz CT molecular complexity index is 1070. The molecule has 0 amide bonds. The Morgan fingerprint density at radius 2 is 0.806 bits per heavy atom. The standard InChI is InChI=1S/C28H26O3/c1-19(18-20-2-12-25(29)13-3-20)21-4-6-22(7-5-21)28(23-8-14-26(30)15-9-23)24-10-16-27(31)17-11-24/h2-17,19,28-31H,18H2,1H3. The van der Waals surface area contributed by atoms with Crippen LogP contribution >= 0.6 is 0 Å². The number of phenols is 3. The molecule has 4 aromatic rings. The quantitative estimate of drug-likeness (QED) is 0.326. The molecule has 0 saturated heterocycles. The highest BCUT2D eigenvalue weighted by atomic mass is 16.3. The molecule has 0 heterocycles. The fraction of sp³-hybridized carbons (Fsp3) is 0.143. The van der Waals surface area contributed by atoms with Crippen molar-refractivity contribution >= 4 is 0 Å². The van der Waals surface area contributed by atoms with E-state index in [1.165, 1.54) is 11.1 Å². The van der Waals surface area contributed by atoms with Gasteiger partial charge < -0.3 is 15.3 Å². The van der Waals surface area contributed by atoms with E-state index >= 15 is 0 Å². The topological polar surface area (TPSA) is 60.7 Å². The minimum atomic E-state index is 0.00246. The van der Waals surface area contributed by atoms with Crippen LogP contribution < -0.4 is 0 Å². The Morgan fingerprint density at radius 3 is 1.23 bits per heavy atom. The van der Waals surface area contributed by atoms with Crippen molar-refractivity contribution in [3.05, 3.63) is 125 Å². The average Bonchev–Trinajstić information content (AvgIpc) is 2.78. The molecule has 0 bridgehead atoms. The van der Waals surface area contributed by atoms with Crippen molar-refractivity contribution in [3.63, 3.8) is 0 Å². The van der Waals surface area contributed by atoms with E-state index in [0.717, 1.165) is 23.1 Å². The average molecular weight is 411 g/mol. The summed E-state index contributed by atoms with van der Waals surface area (Å²) in [5.41, 5.74) is 5.76. The summed E-state index contributed by atoms with van der Waals surface area (Å²) >= 11 is 0. The normalized spacial score (nSPS) is 12.1. The maximum absolute atomic E-state index is 9.70. The molecule has 0 aliphatic heterocycles. The van der Waals surface area contributed by atoms with Gasteiger partial charge in [0.05, 0.1) is 0 Å². The van der Waals surface area contributed by atoms with Gasteiger partial charge in [-0.25, -0.2) is 0 Å². The minimum Gasteiger partial charge on any atom is -0.508 e. The van der Waals surface area contributed by atoms with Crippen LogP contribution in [0, 0.1) is 0 Å². The first-order valence-electron chi connectivity index (χ1n) is 10.5. The first kappa shape index (κ1) is 20.5. The van der Waals surface area contributed by atoms with E-state index in [1.54, 1.807) is 36.4 Å². The minimum absolute atomic E-state index is 0.00246. The van der Waals surface area contributed by atoms with Crippen LogP contribution in [-0.4, -0.2) is 15.3 Å². The number of phenolic OH excluding ortho intramolecular Hbond substituents is 3. The Labute approximate surface area is 182 Å². The SMILES string of the molecule is CC(Cc1ccc(O)cc1)c1ccc(C(c2ccc(O)cc2)c2ccc(O)cc2)cc1. The lowest BCUT2D eigenvalue weighted by Gasteiger charge is -2.20. The summed E-state index contributed by atoms with van der Waals surface area (Å²) in [4.78, 5) is 0. The zero-order valence-electron chi connectivity index (χ0n) is 17.4. The lowest BCUT2D eigenvalue weighted by atomic mass is 9.84. The highest BCUT2D eigenvalue weighted by Crippen LogP contribution is 2.34. The van der Waals surface area contributed by atoms with Crippen LogP contribution in [0.25, 0.3) is 0 Å². The van der Waals surface area contributed by atoms with Gasteiger partial charge in [-0.3, -0.25) is 0 Å². The van der Waals surface area contributed by atoms with Gasteiger partial charge in [-0.2, -0.15) is 0 Å². The molecular weight excluding hydrogens is 384 g/mol. The van der Waals surface area contributed by atoms with Crippen LogP contribution in [0.15, 0.2) is 97.1 Å². The monoisotopic (exact) mass is 410 g/mol. The molecule has 0 aromatic heterocycles. The lowest BCUT2D eigenvalue weighted by molar-refractivity contribution is 0.474. The lowest BCUT2D eigenvalue weighted by Crippen LogP contribution is -2.04. The van der Waals surface area contributed by atoms with E-state index in [2.05, 4.69) is 31.2 Å². The van der Waals surface area contributed by atoms with Crippen molar-refractivity contribution in [2.24, 2.45) is 0 Å². The summed E-state index contributed by atoms with van der Waals surface area (Å²) < 4.78 is 0. The van der Waals surface area contributed by atoms with Gasteiger partial charge in [0.15, 0.2) is 0 Å². The van der Waals surface area contributed by atoms with Gasteiger partial charge in [-0.05, 0) is 76.6 Å². The second-order valence-electron chi connectivity index (χ2n) is 8.05. The zero-order valence-corrected chi connectivity index (χ0v) is 17.4. The summed E-state index contributed by atoms with van der Waals surface area (Å²) in [6, 6.07) is 30.6. The molecular formula is C28H26O3. The number of aromatic hydroxyl groups is 3. The summed E-state index contributed by atoms with van der Waals surface area (Å²) in [6.07, 6.45) is 0.902. The summed E-state index contributed by atoms with van der Waals surface area (Å²) in [5.74, 6) is 1.12. The van der Waals surface area contributed by atoms with Crippen molar-refractivity contribution in [1.29, 1.82) is 0 Å². The number of benzene rings is 4. The molecule has 0 fully saturated rings. The molecule has 3 heteroatoms. The molecule has 1 atom stereocenters. The Kier molecular flexibility index (Phi) is 5.94. The molecule has 4 aromatic carbocycles. The maximum Gasteiger partial charge on any atom is 0.115 e. The molecule has 0 saturated carbocycles. The van der Waals surface area contributed by atoms with Gasteiger partial charge in [-0.1, -0.05) is 67.6 Å². The summed E-state index contributed by atoms with van der Waals surface area (Å²) in [6.45, 7) is 2.21. The Balaban J connectivity index is 1.62. The van der Waals surface area contributed by atoms with Gasteiger partial charge in [0, 0.05) is 5.92 Å². The third-order valence-electron chi connectivity index (χ3n) is 5.77. The van der Waals surface area contributed by atoms with Gasteiger partial charge in [0.1, 0.15) is 17.2 Å². The van der Waals surface area contributed by atoms with E-state index in [-0.39, 0.29) is 23.2 Å². The number of rotatable bonds is 6. The van der Waals surface area contributed by atoms with Crippen LogP contribution in [0.2, 0.25) is 0 Å². The molecule has 0 spiro atoms. The third kappa shape index (κ3) is 4.89. The highest BCUT2D eigenvalue weighted by molar-refractivity contribution is 5.46. The third-order valence-corrected chi connectivity index (χ3v) is 5.77. The zero-order chi connectivity index (χ0) is 21.8. The first-order valence-corrected chi connectivity index (χ1v) is 10.5. The molecule has 0 aliphatic carbocycles. The van der Waals surface area contributed by atoms with E-state index in [1.807, 2.05) is 36.4 Å². The van der Waals surface area contributed by atoms with E-state index in [4.69, 9.17) is 0 Å². The maximum atomic E-state index is 9.70. The van der Waals surface area contributed by atoms with E-state index in [0.29, 0.717) is 5.92 Å². The van der Waals surface area contributed by atoms with Crippen molar-refractivity contribution in [2.45, 2.75) is 25.2 Å². The van der Waals surface area contributed by atoms with Crippen molar-refractivity contribution in [3.8, 4) is 17.2 Å². The molecule has 0 radical (unpaired) electrons. The van der Waals surface area contributed by atoms with Crippen LogP contribution in [0.1, 0.15) is 46.6 Å². The molecule has 156 valence electrons. The largest absolute Gasteiger partial charge is 0.508 e. The number of hydrogen-bond acceptors (Lipinski definition) is 3. The number of hydrogen-bond donors (Lipinski definition) is 3. The van der Waals surface area contributed by atoms with Crippen LogP contribution in [0.4, 0.5) is 0 Å². The Morgan fingerprint density at radius 1 is 0.484 bits per heavy atom. The highest BCUT2D eigenvalue weighted by Gasteiger charge is 2.18. The van der Waals surface area contributed by atoms with Gasteiger partial charge in [-0.15, -0.1) is 0 Å². The molecule has 31 heavy (non-hydrogen) atoms. The van der Waals surface area contributed by atoms with Crippen molar-refractivity contribution in [2.75, 3.05) is 0 Å². The van der Waals surface area contributed by atoms with Crippen molar-refractivity contribution < 1.29 is 15.3 Å². The molecule has 1 unspecified atom stereocenters. The molecule has 3 N–H and O–H groups in total. The Hall–Kier alpha value is -3.72. The smallest absolute Gasteiger partial charge is 0.115 e. The second kappa shape index (κ2) is 8.97. The molecule has 4 rings (SSSR count). The van der Waals surface area contributed by atoms with Crippen LogP contribution in [-0.2, 0) is 6.42 Å². The van der Waals surface area contributed by atoms with E-state index in [9.17, 15) is 15.3 Å². The summed E-state index contributed by atoms with van der Waals surface area (Å²) in [7, 11) is 0. The van der Waals surface area contributed by atoms with Crippen molar-refractivity contribution in [1.82, 2.24) is 0 Å². The van der Waals surface area contributed by atoms with Gasteiger partial charge in [0.2, 0.25) is 0 Å². The molecule has 3 nitrogen and oxygen atoms in total. The van der Waals surface area contributed by atoms with Crippen LogP contribution in [0.3, 0.4) is 0 Å².